The Balaban J connectivity index is 2.64. The lowest BCUT2D eigenvalue weighted by Crippen LogP contribution is -2.58. The smallest absolute Gasteiger partial charge is 0.241 e. The van der Waals surface area contributed by atoms with Crippen molar-refractivity contribution in [3.63, 3.8) is 0 Å². The number of hydrogen-bond donors (Lipinski definition) is 1. The molecule has 0 bridgehead atoms. The SMILES string of the molecule is COCC(N)C(=O)N1CCN(S(C)(=O)=O)[C@@H](C)C1. The van der Waals surface area contributed by atoms with Gasteiger partial charge in [-0.1, -0.05) is 0 Å². The molecule has 0 radical (unpaired) electrons. The first-order chi connectivity index (χ1) is 8.27. The zero-order valence-electron chi connectivity index (χ0n) is 11.0. The molecule has 0 spiro atoms. The fourth-order valence-corrected chi connectivity index (χ4v) is 3.25. The van der Waals surface area contributed by atoms with Gasteiger partial charge in [0.1, 0.15) is 6.04 Å². The number of rotatable bonds is 4. The highest BCUT2D eigenvalue weighted by molar-refractivity contribution is 7.88. The summed E-state index contributed by atoms with van der Waals surface area (Å²) in [6.07, 6.45) is 1.18. The molecular formula is C10H21N3O4S. The quantitative estimate of drug-likeness (QED) is 0.672. The molecule has 1 rings (SSSR count). The van der Waals surface area contributed by atoms with Crippen LogP contribution in [0.15, 0.2) is 0 Å². The van der Waals surface area contributed by atoms with Gasteiger partial charge < -0.3 is 15.4 Å². The molecule has 0 aromatic carbocycles. The van der Waals surface area contributed by atoms with E-state index in [1.807, 2.05) is 0 Å². The lowest BCUT2D eigenvalue weighted by molar-refractivity contribution is -0.135. The van der Waals surface area contributed by atoms with Crippen molar-refractivity contribution in [1.82, 2.24) is 9.21 Å². The largest absolute Gasteiger partial charge is 0.383 e. The second kappa shape index (κ2) is 5.96. The fraction of sp³-hybridized carbons (Fsp3) is 0.900. The van der Waals surface area contributed by atoms with Crippen LogP contribution >= 0.6 is 0 Å². The van der Waals surface area contributed by atoms with E-state index >= 15 is 0 Å². The first-order valence-electron chi connectivity index (χ1n) is 5.77. The number of piperazine rings is 1. The first kappa shape index (κ1) is 15.4. The maximum atomic E-state index is 11.9. The minimum Gasteiger partial charge on any atom is -0.383 e. The number of amides is 1. The van der Waals surface area contributed by atoms with Crippen LogP contribution in [0.5, 0.6) is 0 Å². The number of carbonyl (C=O) groups is 1. The van der Waals surface area contributed by atoms with E-state index in [2.05, 4.69) is 0 Å². The molecule has 1 unspecified atom stereocenters. The van der Waals surface area contributed by atoms with E-state index in [1.165, 1.54) is 17.7 Å². The third kappa shape index (κ3) is 3.64. The van der Waals surface area contributed by atoms with Crippen molar-refractivity contribution < 1.29 is 17.9 Å². The van der Waals surface area contributed by atoms with E-state index in [9.17, 15) is 13.2 Å². The van der Waals surface area contributed by atoms with E-state index in [0.717, 1.165) is 0 Å². The highest BCUT2D eigenvalue weighted by Crippen LogP contribution is 2.13. The minimum atomic E-state index is -3.22. The normalized spacial score (nSPS) is 24.0. The zero-order valence-corrected chi connectivity index (χ0v) is 11.8. The van der Waals surface area contributed by atoms with Crippen LogP contribution < -0.4 is 5.73 Å². The molecule has 1 amide bonds. The van der Waals surface area contributed by atoms with Gasteiger partial charge in [0.05, 0.1) is 12.9 Å². The molecule has 8 heteroatoms. The third-order valence-electron chi connectivity index (χ3n) is 2.97. The van der Waals surface area contributed by atoms with Crippen LogP contribution in [0.2, 0.25) is 0 Å². The van der Waals surface area contributed by atoms with E-state index in [-0.39, 0.29) is 18.6 Å². The molecule has 106 valence electrons. The lowest BCUT2D eigenvalue weighted by atomic mass is 10.2. The number of sulfonamides is 1. The van der Waals surface area contributed by atoms with Gasteiger partial charge in [-0.15, -0.1) is 0 Å². The summed E-state index contributed by atoms with van der Waals surface area (Å²) in [4.78, 5) is 13.5. The van der Waals surface area contributed by atoms with Gasteiger partial charge in [0, 0.05) is 32.8 Å². The average Bonchev–Trinajstić information content (AvgIpc) is 2.26. The molecule has 1 aliphatic heterocycles. The average molecular weight is 279 g/mol. The highest BCUT2D eigenvalue weighted by atomic mass is 32.2. The Morgan fingerprint density at radius 3 is 2.56 bits per heavy atom. The van der Waals surface area contributed by atoms with Gasteiger partial charge in [-0.3, -0.25) is 4.79 Å². The Bertz CT molecular complexity index is 398. The van der Waals surface area contributed by atoms with Crippen molar-refractivity contribution in [2.45, 2.75) is 19.0 Å². The summed E-state index contributed by atoms with van der Waals surface area (Å²) in [7, 11) is -1.73. The third-order valence-corrected chi connectivity index (χ3v) is 4.36. The second-order valence-electron chi connectivity index (χ2n) is 4.57. The molecular weight excluding hydrogens is 258 g/mol. The van der Waals surface area contributed by atoms with Crippen LogP contribution in [0.25, 0.3) is 0 Å². The molecule has 1 aliphatic rings. The maximum Gasteiger partial charge on any atom is 0.241 e. The fourth-order valence-electron chi connectivity index (χ4n) is 2.12. The van der Waals surface area contributed by atoms with Crippen LogP contribution in [0, 0.1) is 0 Å². The summed E-state index contributed by atoms with van der Waals surface area (Å²) in [5, 5.41) is 0. The van der Waals surface area contributed by atoms with Crippen molar-refractivity contribution in [2.24, 2.45) is 5.73 Å². The summed E-state index contributed by atoms with van der Waals surface area (Å²) in [5.74, 6) is -0.197. The number of hydrogen-bond acceptors (Lipinski definition) is 5. The Kier molecular flexibility index (Phi) is 5.09. The van der Waals surface area contributed by atoms with Gasteiger partial charge in [-0.25, -0.2) is 8.42 Å². The van der Waals surface area contributed by atoms with E-state index in [0.29, 0.717) is 19.6 Å². The number of carbonyl (C=O) groups excluding carboxylic acids is 1. The molecule has 1 heterocycles. The predicted octanol–water partition coefficient (Wildman–Crippen LogP) is -1.55. The van der Waals surface area contributed by atoms with E-state index in [1.54, 1.807) is 11.8 Å². The minimum absolute atomic E-state index is 0.166. The summed E-state index contributed by atoms with van der Waals surface area (Å²) >= 11 is 0. The van der Waals surface area contributed by atoms with Gasteiger partial charge in [0.25, 0.3) is 0 Å². The van der Waals surface area contributed by atoms with Gasteiger partial charge in [-0.05, 0) is 6.92 Å². The first-order valence-corrected chi connectivity index (χ1v) is 7.62. The van der Waals surface area contributed by atoms with Gasteiger partial charge >= 0.3 is 0 Å². The highest BCUT2D eigenvalue weighted by Gasteiger charge is 2.33. The predicted molar refractivity (Wildman–Crippen MR) is 67.4 cm³/mol. The molecule has 2 atom stereocenters. The van der Waals surface area contributed by atoms with E-state index in [4.69, 9.17) is 10.5 Å². The molecule has 2 N–H and O–H groups in total. The second-order valence-corrected chi connectivity index (χ2v) is 6.50. The molecule has 0 aromatic heterocycles. The van der Waals surface area contributed by atoms with Crippen LogP contribution in [0.4, 0.5) is 0 Å². The van der Waals surface area contributed by atoms with Gasteiger partial charge in [-0.2, -0.15) is 4.31 Å². The molecule has 1 saturated heterocycles. The molecule has 7 nitrogen and oxygen atoms in total. The Hall–Kier alpha value is -0.700. The maximum absolute atomic E-state index is 11.9. The Morgan fingerprint density at radius 1 is 1.50 bits per heavy atom. The molecule has 0 aliphatic carbocycles. The number of nitrogens with two attached hydrogens (primary N) is 1. The monoisotopic (exact) mass is 279 g/mol. The summed E-state index contributed by atoms with van der Waals surface area (Å²) in [6.45, 7) is 2.99. The molecule has 0 saturated carbocycles. The van der Waals surface area contributed by atoms with Crippen LogP contribution in [-0.4, -0.2) is 75.2 Å². The van der Waals surface area contributed by atoms with Crippen LogP contribution in [-0.2, 0) is 19.6 Å². The van der Waals surface area contributed by atoms with E-state index < -0.39 is 16.1 Å². The Labute approximate surface area is 108 Å². The van der Waals surface area contributed by atoms with Crippen LogP contribution in [0.1, 0.15) is 6.92 Å². The molecule has 1 fully saturated rings. The zero-order chi connectivity index (χ0) is 13.9. The topological polar surface area (TPSA) is 92.9 Å². The standard InChI is InChI=1S/C10H21N3O4S/c1-8-6-12(10(14)9(11)7-17-2)4-5-13(8)18(3,15)16/h8-9H,4-7,11H2,1-3H3/t8-,9?/m0/s1. The number of ether oxygens (including phenoxy) is 1. The van der Waals surface area contributed by atoms with Crippen LogP contribution in [0.3, 0.4) is 0 Å². The number of methoxy groups -OCH3 is 1. The number of nitrogens with zero attached hydrogens (tertiary/aromatic N) is 2. The van der Waals surface area contributed by atoms with Gasteiger partial charge in [0.2, 0.25) is 15.9 Å². The van der Waals surface area contributed by atoms with Crippen molar-refractivity contribution in [3.8, 4) is 0 Å². The lowest BCUT2D eigenvalue weighted by Gasteiger charge is -2.39. The summed E-state index contributed by atoms with van der Waals surface area (Å²) in [6, 6.07) is -0.917. The van der Waals surface area contributed by atoms with Crippen molar-refractivity contribution >= 4 is 15.9 Å². The molecule has 0 aromatic rings. The molecule has 18 heavy (non-hydrogen) atoms. The summed E-state index contributed by atoms with van der Waals surface area (Å²) < 4.78 is 29.2. The summed E-state index contributed by atoms with van der Waals surface area (Å²) in [5.41, 5.74) is 5.68. The van der Waals surface area contributed by atoms with Gasteiger partial charge in [0.15, 0.2) is 0 Å². The van der Waals surface area contributed by atoms with Crippen molar-refractivity contribution in [1.29, 1.82) is 0 Å². The Morgan fingerprint density at radius 2 is 2.11 bits per heavy atom. The van der Waals surface area contributed by atoms with Crippen molar-refractivity contribution in [3.05, 3.63) is 0 Å². The van der Waals surface area contributed by atoms with Crippen molar-refractivity contribution in [2.75, 3.05) is 39.6 Å².